The topological polar surface area (TPSA) is 81.2 Å². The van der Waals surface area contributed by atoms with Gasteiger partial charge in [0.05, 0.1) is 11.0 Å². The summed E-state index contributed by atoms with van der Waals surface area (Å²) in [5.41, 5.74) is 6.71. The van der Waals surface area contributed by atoms with Crippen molar-refractivity contribution in [3.05, 3.63) is 119 Å². The van der Waals surface area contributed by atoms with E-state index in [1.165, 1.54) is 23.8 Å². The second kappa shape index (κ2) is 11.0. The van der Waals surface area contributed by atoms with Crippen molar-refractivity contribution in [2.24, 2.45) is 0 Å². The van der Waals surface area contributed by atoms with E-state index in [1.807, 2.05) is 42.5 Å². The van der Waals surface area contributed by atoms with Gasteiger partial charge in [0, 0.05) is 17.7 Å². The number of carbonyl (C=O) groups is 1. The van der Waals surface area contributed by atoms with E-state index in [4.69, 9.17) is 4.98 Å². The molecule has 6 nitrogen and oxygen atoms in total. The zero-order valence-electron chi connectivity index (χ0n) is 22.3. The SMILES string of the molecule is Cl.O=C1c2cc(-c3ccc(C4CCNCC4)cc3)ccc2CN1C(c1nc2ccccc2[nH]1)c1cc(F)ccc1O. The number of hydrogen-bond donors (Lipinski definition) is 3. The number of aromatic nitrogens is 2. The van der Waals surface area contributed by atoms with E-state index in [0.29, 0.717) is 23.9 Å². The van der Waals surface area contributed by atoms with E-state index in [9.17, 15) is 14.3 Å². The first-order valence-electron chi connectivity index (χ1n) is 13.7. The largest absolute Gasteiger partial charge is 0.508 e. The molecule has 1 aromatic heterocycles. The van der Waals surface area contributed by atoms with Crippen molar-refractivity contribution in [2.75, 3.05) is 13.1 Å². The van der Waals surface area contributed by atoms with Crippen molar-refractivity contribution >= 4 is 29.3 Å². The van der Waals surface area contributed by atoms with Gasteiger partial charge in [0.25, 0.3) is 5.91 Å². The van der Waals surface area contributed by atoms with Gasteiger partial charge in [-0.3, -0.25) is 4.79 Å². The van der Waals surface area contributed by atoms with Crippen LogP contribution in [0.3, 0.4) is 0 Å². The highest BCUT2D eigenvalue weighted by Gasteiger charge is 2.37. The molecule has 208 valence electrons. The van der Waals surface area contributed by atoms with Crippen LogP contribution in [0.1, 0.15) is 57.7 Å². The minimum atomic E-state index is -0.796. The fraction of sp³-hybridized carbons (Fsp3) is 0.212. The number of imidazole rings is 1. The Hall–Kier alpha value is -4.20. The molecule has 1 amide bonds. The summed E-state index contributed by atoms with van der Waals surface area (Å²) in [6.45, 7) is 2.43. The fourth-order valence-corrected chi connectivity index (χ4v) is 6.12. The Morgan fingerprint density at radius 1 is 0.927 bits per heavy atom. The quantitative estimate of drug-likeness (QED) is 0.220. The Balaban J connectivity index is 0.00000302. The number of carbonyl (C=O) groups excluding carboxylic acids is 1. The van der Waals surface area contributed by atoms with Crippen LogP contribution in [0.25, 0.3) is 22.2 Å². The Morgan fingerprint density at radius 3 is 2.46 bits per heavy atom. The number of fused-ring (bicyclic) bond motifs is 2. The molecule has 8 heteroatoms. The molecule has 3 N–H and O–H groups in total. The van der Waals surface area contributed by atoms with Crippen LogP contribution in [0.2, 0.25) is 0 Å². The fourth-order valence-electron chi connectivity index (χ4n) is 6.12. The number of nitrogens with one attached hydrogen (secondary N) is 2. The van der Waals surface area contributed by atoms with Crippen molar-refractivity contribution in [2.45, 2.75) is 31.3 Å². The molecule has 0 saturated carbocycles. The zero-order valence-corrected chi connectivity index (χ0v) is 23.1. The molecule has 5 aromatic rings. The van der Waals surface area contributed by atoms with E-state index in [2.05, 4.69) is 34.6 Å². The molecule has 1 saturated heterocycles. The molecule has 7 rings (SSSR count). The van der Waals surface area contributed by atoms with Gasteiger partial charge in [-0.1, -0.05) is 48.5 Å². The number of nitrogens with zero attached hydrogens (tertiary/aromatic N) is 2. The maximum Gasteiger partial charge on any atom is 0.255 e. The first kappa shape index (κ1) is 27.0. The predicted octanol–water partition coefficient (Wildman–Crippen LogP) is 6.71. The average Bonchev–Trinajstić information content (AvgIpc) is 3.56. The molecular formula is C33H30ClFN4O2. The molecule has 3 heterocycles. The number of amides is 1. The third-order valence-electron chi connectivity index (χ3n) is 8.26. The summed E-state index contributed by atoms with van der Waals surface area (Å²) in [5.74, 6) is 0.285. The van der Waals surface area contributed by atoms with Gasteiger partial charge < -0.3 is 20.3 Å². The highest BCUT2D eigenvalue weighted by Crippen LogP contribution is 2.40. The molecule has 1 fully saturated rings. The van der Waals surface area contributed by atoms with Gasteiger partial charge in [0.2, 0.25) is 0 Å². The minimum absolute atomic E-state index is 0. The monoisotopic (exact) mass is 568 g/mol. The summed E-state index contributed by atoms with van der Waals surface area (Å²) in [6.07, 6.45) is 2.30. The van der Waals surface area contributed by atoms with Crippen LogP contribution in [-0.2, 0) is 6.54 Å². The summed E-state index contributed by atoms with van der Waals surface area (Å²) in [6, 6.07) is 25.2. The number of benzene rings is 4. The number of phenols is 1. The van der Waals surface area contributed by atoms with Gasteiger partial charge in [0.15, 0.2) is 0 Å². The summed E-state index contributed by atoms with van der Waals surface area (Å²) < 4.78 is 14.4. The zero-order chi connectivity index (χ0) is 27.2. The standard InChI is InChI=1S/C33H29FN4O2.ClH/c34-25-11-12-30(39)27(18-25)31(32-36-28-3-1-2-4-29(28)37-32)38-19-24-10-9-23(17-26(24)33(38)40)21-7-5-20(6-8-21)22-13-15-35-16-14-22;/h1-12,17-18,22,31,35,39H,13-16,19H2,(H,36,37);1H. The van der Waals surface area contributed by atoms with Crippen LogP contribution in [0.4, 0.5) is 4.39 Å². The number of aromatic hydroxyl groups is 1. The number of aromatic amines is 1. The van der Waals surface area contributed by atoms with Gasteiger partial charge in [-0.05, 0) is 90.5 Å². The molecule has 41 heavy (non-hydrogen) atoms. The van der Waals surface area contributed by atoms with E-state index in [1.54, 1.807) is 4.90 Å². The Morgan fingerprint density at radius 2 is 1.68 bits per heavy atom. The van der Waals surface area contributed by atoms with Crippen molar-refractivity contribution in [3.63, 3.8) is 0 Å². The number of H-pyrrole nitrogens is 1. The lowest BCUT2D eigenvalue weighted by Gasteiger charge is -2.27. The van der Waals surface area contributed by atoms with Crippen molar-refractivity contribution in [1.82, 2.24) is 20.2 Å². The first-order valence-corrected chi connectivity index (χ1v) is 13.7. The Bertz CT molecular complexity index is 1700. The Labute approximate surface area is 243 Å². The second-order valence-corrected chi connectivity index (χ2v) is 10.7. The van der Waals surface area contributed by atoms with Gasteiger partial charge in [-0.15, -0.1) is 12.4 Å². The van der Waals surface area contributed by atoms with Crippen LogP contribution >= 0.6 is 12.4 Å². The van der Waals surface area contributed by atoms with Crippen LogP contribution < -0.4 is 5.32 Å². The van der Waals surface area contributed by atoms with Gasteiger partial charge >= 0.3 is 0 Å². The van der Waals surface area contributed by atoms with E-state index >= 15 is 0 Å². The molecule has 2 aliphatic heterocycles. The smallest absolute Gasteiger partial charge is 0.255 e. The number of phenolic OH excluding ortho intramolecular Hbond substituents is 1. The van der Waals surface area contributed by atoms with Crippen molar-refractivity contribution in [1.29, 1.82) is 0 Å². The lowest BCUT2D eigenvalue weighted by atomic mass is 9.89. The van der Waals surface area contributed by atoms with Crippen LogP contribution in [-0.4, -0.2) is 39.0 Å². The van der Waals surface area contributed by atoms with Crippen molar-refractivity contribution < 1.29 is 14.3 Å². The third-order valence-corrected chi connectivity index (χ3v) is 8.26. The highest BCUT2D eigenvalue weighted by molar-refractivity contribution is 6.00. The summed E-state index contributed by atoms with van der Waals surface area (Å²) >= 11 is 0. The molecule has 0 spiro atoms. The second-order valence-electron chi connectivity index (χ2n) is 10.7. The lowest BCUT2D eigenvalue weighted by molar-refractivity contribution is 0.0723. The normalized spacial score (nSPS) is 16.0. The predicted molar refractivity (Wildman–Crippen MR) is 160 cm³/mol. The maximum atomic E-state index is 14.4. The summed E-state index contributed by atoms with van der Waals surface area (Å²) in [5, 5.41) is 14.2. The van der Waals surface area contributed by atoms with E-state index in [0.717, 1.165) is 53.7 Å². The number of para-hydroxylation sites is 2. The molecule has 4 aromatic carbocycles. The maximum absolute atomic E-state index is 14.4. The van der Waals surface area contributed by atoms with Crippen LogP contribution in [0, 0.1) is 5.82 Å². The van der Waals surface area contributed by atoms with Crippen molar-refractivity contribution in [3.8, 4) is 16.9 Å². The molecule has 1 atom stereocenters. The van der Waals surface area contributed by atoms with Crippen LogP contribution in [0.5, 0.6) is 5.75 Å². The Kier molecular flexibility index (Phi) is 7.24. The highest BCUT2D eigenvalue weighted by atomic mass is 35.5. The van der Waals surface area contributed by atoms with E-state index < -0.39 is 11.9 Å². The third kappa shape index (κ3) is 4.96. The lowest BCUT2D eigenvalue weighted by Crippen LogP contribution is -2.31. The first-order chi connectivity index (χ1) is 19.5. The summed E-state index contributed by atoms with van der Waals surface area (Å²) in [4.78, 5) is 23.6. The number of halogens is 2. The van der Waals surface area contributed by atoms with Crippen LogP contribution in [0.15, 0.2) is 84.9 Å². The summed E-state index contributed by atoms with van der Waals surface area (Å²) in [7, 11) is 0. The van der Waals surface area contributed by atoms with Gasteiger partial charge in [-0.2, -0.15) is 0 Å². The molecule has 0 aliphatic carbocycles. The number of hydrogen-bond acceptors (Lipinski definition) is 4. The number of piperidine rings is 1. The molecule has 1 unspecified atom stereocenters. The minimum Gasteiger partial charge on any atom is -0.508 e. The molecule has 0 radical (unpaired) electrons. The van der Waals surface area contributed by atoms with Gasteiger partial charge in [-0.25, -0.2) is 9.37 Å². The molecular weight excluding hydrogens is 539 g/mol. The molecule has 2 aliphatic rings. The number of rotatable bonds is 5. The molecule has 0 bridgehead atoms. The average molecular weight is 569 g/mol. The van der Waals surface area contributed by atoms with Gasteiger partial charge in [0.1, 0.15) is 23.4 Å². The van der Waals surface area contributed by atoms with E-state index in [-0.39, 0.29) is 29.6 Å².